The summed E-state index contributed by atoms with van der Waals surface area (Å²) < 4.78 is 2.07. The molecule has 1 aliphatic heterocycles. The maximum absolute atomic E-state index is 4.47. The monoisotopic (exact) mass is 347 g/mol. The molecule has 1 aliphatic rings. The molecule has 1 saturated heterocycles. The van der Waals surface area contributed by atoms with Crippen LogP contribution in [-0.2, 0) is 0 Å². The fourth-order valence-corrected chi connectivity index (χ4v) is 3.36. The summed E-state index contributed by atoms with van der Waals surface area (Å²) in [5.74, 6) is 1.80. The molecule has 1 atom stereocenters. The number of aromatic nitrogens is 1. The Kier molecular flexibility index (Phi) is 4.21. The SMILES string of the molecule is CNCC1CCN(c2ncc(Br)cc2Br)C1. The largest absolute Gasteiger partial charge is 0.355 e. The zero-order valence-corrected chi connectivity index (χ0v) is 12.4. The minimum atomic E-state index is 0.738. The summed E-state index contributed by atoms with van der Waals surface area (Å²) in [6.07, 6.45) is 3.09. The molecule has 0 aliphatic carbocycles. The molecule has 0 spiro atoms. The smallest absolute Gasteiger partial charge is 0.142 e. The van der Waals surface area contributed by atoms with E-state index < -0.39 is 0 Å². The van der Waals surface area contributed by atoms with E-state index in [0.717, 1.165) is 40.3 Å². The highest BCUT2D eigenvalue weighted by atomic mass is 79.9. The molecule has 5 heteroatoms. The average molecular weight is 349 g/mol. The first-order valence-corrected chi connectivity index (χ1v) is 7.00. The highest BCUT2D eigenvalue weighted by molar-refractivity contribution is 9.11. The summed E-state index contributed by atoms with van der Waals surface area (Å²) in [5.41, 5.74) is 0. The molecule has 2 heterocycles. The van der Waals surface area contributed by atoms with Gasteiger partial charge in [-0.05, 0) is 63.9 Å². The van der Waals surface area contributed by atoms with Gasteiger partial charge in [0.1, 0.15) is 5.82 Å². The third kappa shape index (κ3) is 2.76. The molecule has 1 unspecified atom stereocenters. The number of nitrogens with one attached hydrogen (secondary N) is 1. The zero-order chi connectivity index (χ0) is 11.5. The number of hydrogen-bond acceptors (Lipinski definition) is 3. The Bertz CT molecular complexity index is 370. The Labute approximate surface area is 113 Å². The molecule has 1 fully saturated rings. The summed E-state index contributed by atoms with van der Waals surface area (Å²) >= 11 is 6.99. The number of rotatable bonds is 3. The van der Waals surface area contributed by atoms with Gasteiger partial charge in [-0.3, -0.25) is 0 Å². The lowest BCUT2D eigenvalue weighted by Crippen LogP contribution is -2.25. The number of anilines is 1. The third-order valence-electron chi connectivity index (χ3n) is 2.87. The Morgan fingerprint density at radius 3 is 3.06 bits per heavy atom. The maximum Gasteiger partial charge on any atom is 0.142 e. The van der Waals surface area contributed by atoms with E-state index in [-0.39, 0.29) is 0 Å². The molecule has 16 heavy (non-hydrogen) atoms. The molecule has 1 aromatic heterocycles. The van der Waals surface area contributed by atoms with Crippen molar-refractivity contribution in [3.63, 3.8) is 0 Å². The van der Waals surface area contributed by atoms with Crippen molar-refractivity contribution in [3.8, 4) is 0 Å². The third-order valence-corrected chi connectivity index (χ3v) is 3.88. The van der Waals surface area contributed by atoms with Crippen molar-refractivity contribution in [3.05, 3.63) is 21.2 Å². The van der Waals surface area contributed by atoms with Gasteiger partial charge in [-0.1, -0.05) is 0 Å². The molecule has 0 saturated carbocycles. The van der Waals surface area contributed by atoms with Crippen LogP contribution in [0.3, 0.4) is 0 Å². The zero-order valence-electron chi connectivity index (χ0n) is 9.21. The first kappa shape index (κ1) is 12.3. The van der Waals surface area contributed by atoms with E-state index in [1.807, 2.05) is 19.3 Å². The molecule has 1 aromatic rings. The summed E-state index contributed by atoms with van der Waals surface area (Å²) in [4.78, 5) is 6.81. The summed E-state index contributed by atoms with van der Waals surface area (Å²) in [6, 6.07) is 2.05. The van der Waals surface area contributed by atoms with E-state index >= 15 is 0 Å². The van der Waals surface area contributed by atoms with Crippen LogP contribution in [0.25, 0.3) is 0 Å². The normalized spacial score (nSPS) is 20.4. The van der Waals surface area contributed by atoms with Crippen molar-refractivity contribution in [2.75, 3.05) is 31.6 Å². The van der Waals surface area contributed by atoms with Gasteiger partial charge in [-0.15, -0.1) is 0 Å². The van der Waals surface area contributed by atoms with E-state index in [1.165, 1.54) is 6.42 Å². The second-order valence-corrected chi connectivity index (χ2v) is 5.89. The van der Waals surface area contributed by atoms with Gasteiger partial charge in [0.15, 0.2) is 0 Å². The fraction of sp³-hybridized carbons (Fsp3) is 0.545. The Morgan fingerprint density at radius 1 is 1.56 bits per heavy atom. The van der Waals surface area contributed by atoms with Crippen LogP contribution in [0, 0.1) is 5.92 Å². The lowest BCUT2D eigenvalue weighted by atomic mass is 10.1. The summed E-state index contributed by atoms with van der Waals surface area (Å²) in [5, 5.41) is 3.24. The molecule has 0 bridgehead atoms. The van der Waals surface area contributed by atoms with E-state index in [4.69, 9.17) is 0 Å². The Morgan fingerprint density at radius 2 is 2.38 bits per heavy atom. The van der Waals surface area contributed by atoms with E-state index in [9.17, 15) is 0 Å². The Hall–Kier alpha value is -0.130. The molecule has 0 amide bonds. The van der Waals surface area contributed by atoms with Crippen LogP contribution in [0.15, 0.2) is 21.2 Å². The van der Waals surface area contributed by atoms with Crippen molar-refractivity contribution in [1.82, 2.24) is 10.3 Å². The van der Waals surface area contributed by atoms with Crippen molar-refractivity contribution in [1.29, 1.82) is 0 Å². The van der Waals surface area contributed by atoms with Crippen LogP contribution in [0.1, 0.15) is 6.42 Å². The van der Waals surface area contributed by atoms with Crippen molar-refractivity contribution >= 4 is 37.7 Å². The van der Waals surface area contributed by atoms with E-state index in [2.05, 4.69) is 47.1 Å². The average Bonchev–Trinajstić information content (AvgIpc) is 2.67. The summed E-state index contributed by atoms with van der Waals surface area (Å²) in [6.45, 7) is 3.28. The highest BCUT2D eigenvalue weighted by Gasteiger charge is 2.24. The summed E-state index contributed by atoms with van der Waals surface area (Å²) in [7, 11) is 2.01. The number of pyridine rings is 1. The van der Waals surface area contributed by atoms with E-state index in [1.54, 1.807) is 0 Å². The molecule has 88 valence electrons. The van der Waals surface area contributed by atoms with Crippen LogP contribution in [-0.4, -0.2) is 31.7 Å². The van der Waals surface area contributed by atoms with Gasteiger partial charge in [0.2, 0.25) is 0 Å². The number of halogens is 2. The lowest BCUT2D eigenvalue weighted by Gasteiger charge is -2.19. The molecule has 2 rings (SSSR count). The highest BCUT2D eigenvalue weighted by Crippen LogP contribution is 2.30. The van der Waals surface area contributed by atoms with Gasteiger partial charge in [0.05, 0.1) is 4.47 Å². The molecule has 1 N–H and O–H groups in total. The van der Waals surface area contributed by atoms with Gasteiger partial charge >= 0.3 is 0 Å². The van der Waals surface area contributed by atoms with Gasteiger partial charge in [0.25, 0.3) is 0 Å². The molecular formula is C11H15Br2N3. The first-order valence-electron chi connectivity index (χ1n) is 5.41. The van der Waals surface area contributed by atoms with Crippen molar-refractivity contribution in [2.24, 2.45) is 5.92 Å². The quantitative estimate of drug-likeness (QED) is 0.910. The molecule has 3 nitrogen and oxygen atoms in total. The van der Waals surface area contributed by atoms with Crippen molar-refractivity contribution in [2.45, 2.75) is 6.42 Å². The minimum Gasteiger partial charge on any atom is -0.355 e. The predicted molar refractivity (Wildman–Crippen MR) is 73.9 cm³/mol. The van der Waals surface area contributed by atoms with Crippen molar-refractivity contribution < 1.29 is 0 Å². The second kappa shape index (κ2) is 5.47. The van der Waals surface area contributed by atoms with Gasteiger partial charge in [-0.2, -0.15) is 0 Å². The van der Waals surface area contributed by atoms with Gasteiger partial charge < -0.3 is 10.2 Å². The minimum absolute atomic E-state index is 0.738. The van der Waals surface area contributed by atoms with Crippen LogP contribution < -0.4 is 10.2 Å². The fourth-order valence-electron chi connectivity index (χ4n) is 2.12. The first-order chi connectivity index (χ1) is 7.70. The molecular weight excluding hydrogens is 334 g/mol. The number of nitrogens with zero attached hydrogens (tertiary/aromatic N) is 2. The topological polar surface area (TPSA) is 28.2 Å². The number of hydrogen-bond donors (Lipinski definition) is 1. The Balaban J connectivity index is 2.08. The lowest BCUT2D eigenvalue weighted by molar-refractivity contribution is 0.549. The standard InChI is InChI=1S/C11H15Br2N3/c1-14-5-8-2-3-16(7-8)11-10(13)4-9(12)6-15-11/h4,6,8,14H,2-3,5,7H2,1H3. The maximum atomic E-state index is 4.47. The molecule has 0 radical (unpaired) electrons. The van der Waals surface area contributed by atoms with Gasteiger partial charge in [0, 0.05) is 23.8 Å². The van der Waals surface area contributed by atoms with Gasteiger partial charge in [-0.25, -0.2) is 4.98 Å². The van der Waals surface area contributed by atoms with Crippen LogP contribution in [0.2, 0.25) is 0 Å². The van der Waals surface area contributed by atoms with Crippen LogP contribution in [0.4, 0.5) is 5.82 Å². The molecule has 0 aromatic carbocycles. The second-order valence-electron chi connectivity index (χ2n) is 4.12. The predicted octanol–water partition coefficient (Wildman–Crippen LogP) is 2.65. The van der Waals surface area contributed by atoms with Crippen LogP contribution in [0.5, 0.6) is 0 Å². The van der Waals surface area contributed by atoms with Crippen LogP contribution >= 0.6 is 31.9 Å². The van der Waals surface area contributed by atoms with E-state index in [0.29, 0.717) is 0 Å².